The molecule has 0 saturated heterocycles. The van der Waals surface area contributed by atoms with E-state index in [0.717, 1.165) is 59.9 Å². The molecular weight excluding hydrogens is 438 g/mol. The van der Waals surface area contributed by atoms with E-state index in [2.05, 4.69) is 54.7 Å². The molecule has 0 radical (unpaired) electrons. The number of methoxy groups -OCH3 is 2. The number of ether oxygens (including phenoxy) is 4. The first-order chi connectivity index (χ1) is 17.2. The maximum absolute atomic E-state index is 6.13. The monoisotopic (exact) mass is 473 g/mol. The number of rotatable bonds is 11. The Morgan fingerprint density at radius 2 is 1.69 bits per heavy atom. The Labute approximate surface area is 208 Å². The second-order valence-electron chi connectivity index (χ2n) is 8.63. The van der Waals surface area contributed by atoms with Crippen LogP contribution in [0.1, 0.15) is 48.1 Å². The third-order valence-corrected chi connectivity index (χ3v) is 6.18. The molecule has 3 aromatic carbocycles. The molecule has 1 atom stereocenters. The molecule has 0 spiro atoms. The summed E-state index contributed by atoms with van der Waals surface area (Å²) in [5.41, 5.74) is 4.68. The maximum Gasteiger partial charge on any atom is 0.161 e. The summed E-state index contributed by atoms with van der Waals surface area (Å²) < 4.78 is 23.2. The largest absolute Gasteiger partial charge is 0.493 e. The minimum atomic E-state index is 0.0855. The fourth-order valence-electron chi connectivity index (χ4n) is 4.22. The van der Waals surface area contributed by atoms with E-state index < -0.39 is 0 Å². The lowest BCUT2D eigenvalue weighted by molar-refractivity contribution is 0.283. The molecule has 1 aliphatic heterocycles. The first-order valence-corrected chi connectivity index (χ1v) is 12.3. The Hall–Kier alpha value is -3.44. The fraction of sp³-hybridized carbons (Fsp3) is 0.333. The van der Waals surface area contributed by atoms with Gasteiger partial charge in [-0.2, -0.15) is 0 Å². The summed E-state index contributed by atoms with van der Waals surface area (Å²) in [5, 5.41) is 3.61. The van der Waals surface area contributed by atoms with Gasteiger partial charge in [0.1, 0.15) is 6.61 Å². The molecule has 5 heteroatoms. The van der Waals surface area contributed by atoms with Gasteiger partial charge in [0.2, 0.25) is 0 Å². The predicted molar refractivity (Wildman–Crippen MR) is 141 cm³/mol. The van der Waals surface area contributed by atoms with Gasteiger partial charge in [0, 0.05) is 6.54 Å². The number of fused-ring (bicyclic) bond motifs is 1. The van der Waals surface area contributed by atoms with E-state index >= 15 is 0 Å². The second kappa shape index (κ2) is 12.3. The van der Waals surface area contributed by atoms with Crippen molar-refractivity contribution in [3.63, 3.8) is 0 Å². The molecule has 0 amide bonds. The highest BCUT2D eigenvalue weighted by molar-refractivity contribution is 5.58. The molecule has 0 bridgehead atoms. The lowest BCUT2D eigenvalue weighted by Crippen LogP contribution is -2.28. The Kier molecular flexibility index (Phi) is 8.68. The van der Waals surface area contributed by atoms with Crippen LogP contribution in [-0.2, 0) is 13.0 Å². The zero-order valence-corrected chi connectivity index (χ0v) is 20.9. The van der Waals surface area contributed by atoms with Crippen molar-refractivity contribution in [1.29, 1.82) is 0 Å². The third-order valence-electron chi connectivity index (χ3n) is 6.18. The second-order valence-corrected chi connectivity index (χ2v) is 8.63. The Bertz CT molecular complexity index is 1130. The van der Waals surface area contributed by atoms with Crippen LogP contribution >= 0.6 is 0 Å². The predicted octanol–water partition coefficient (Wildman–Crippen LogP) is 6.36. The highest BCUT2D eigenvalue weighted by Crippen LogP contribution is 2.37. The molecule has 4 rings (SSSR count). The quantitative estimate of drug-likeness (QED) is 0.328. The van der Waals surface area contributed by atoms with Crippen molar-refractivity contribution in [3.8, 4) is 23.0 Å². The van der Waals surface area contributed by atoms with Gasteiger partial charge in [-0.05, 0) is 59.4 Å². The normalized spacial score (nSPS) is 15.0. The van der Waals surface area contributed by atoms with E-state index in [-0.39, 0.29) is 6.04 Å². The summed E-state index contributed by atoms with van der Waals surface area (Å²) in [6, 6.07) is 20.6. The van der Waals surface area contributed by atoms with Gasteiger partial charge in [0.25, 0.3) is 0 Å². The zero-order valence-electron chi connectivity index (χ0n) is 20.9. The summed E-state index contributed by atoms with van der Waals surface area (Å²) >= 11 is 0. The molecule has 0 aliphatic carbocycles. The number of benzene rings is 3. The molecule has 1 heterocycles. The van der Waals surface area contributed by atoms with Crippen LogP contribution in [0.15, 0.2) is 66.7 Å². The first-order valence-electron chi connectivity index (χ1n) is 12.3. The SMILES string of the molecule is CCCCOc1ccc(C=CC2NCCc3cc(OCc4ccccc4)c(OC)cc32)cc1OC. The maximum atomic E-state index is 6.13. The van der Waals surface area contributed by atoms with Crippen molar-refractivity contribution in [2.45, 2.75) is 38.8 Å². The van der Waals surface area contributed by atoms with Gasteiger partial charge in [0.15, 0.2) is 23.0 Å². The standard InChI is InChI=1S/C30H35NO4/c1-4-5-17-34-27-14-12-22(18-28(27)32-2)11-13-26-25-20-29(33-3)30(19-24(25)15-16-31-26)35-21-23-9-7-6-8-10-23/h6-14,18-20,26,31H,4-5,15-17,21H2,1-3H3. The molecule has 3 aromatic rings. The van der Waals surface area contributed by atoms with Gasteiger partial charge < -0.3 is 24.3 Å². The summed E-state index contributed by atoms with van der Waals surface area (Å²) in [6.45, 7) is 4.27. The number of nitrogens with one attached hydrogen (secondary N) is 1. The van der Waals surface area contributed by atoms with Crippen molar-refractivity contribution in [3.05, 3.63) is 89.0 Å². The van der Waals surface area contributed by atoms with Crippen LogP contribution in [0.25, 0.3) is 6.08 Å². The number of hydrogen-bond acceptors (Lipinski definition) is 5. The van der Waals surface area contributed by atoms with E-state index in [9.17, 15) is 0 Å². The molecule has 0 saturated carbocycles. The van der Waals surface area contributed by atoms with E-state index in [1.165, 1.54) is 11.1 Å². The number of unbranched alkanes of at least 4 members (excludes halogenated alkanes) is 1. The summed E-state index contributed by atoms with van der Waals surface area (Å²) in [6.07, 6.45) is 7.39. The molecule has 0 fully saturated rings. The van der Waals surface area contributed by atoms with Gasteiger partial charge in [-0.1, -0.05) is 61.9 Å². The van der Waals surface area contributed by atoms with Gasteiger partial charge in [-0.25, -0.2) is 0 Å². The van der Waals surface area contributed by atoms with Crippen LogP contribution in [0, 0.1) is 0 Å². The average molecular weight is 474 g/mol. The lowest BCUT2D eigenvalue weighted by Gasteiger charge is -2.26. The van der Waals surface area contributed by atoms with E-state index in [1.54, 1.807) is 14.2 Å². The Morgan fingerprint density at radius 1 is 0.886 bits per heavy atom. The Balaban J connectivity index is 1.50. The van der Waals surface area contributed by atoms with Crippen LogP contribution in [0.4, 0.5) is 0 Å². The van der Waals surface area contributed by atoms with Gasteiger partial charge >= 0.3 is 0 Å². The van der Waals surface area contributed by atoms with E-state index in [1.807, 2.05) is 30.3 Å². The van der Waals surface area contributed by atoms with Crippen LogP contribution in [0.2, 0.25) is 0 Å². The van der Waals surface area contributed by atoms with Crippen LogP contribution < -0.4 is 24.3 Å². The molecule has 1 aliphatic rings. The summed E-state index contributed by atoms with van der Waals surface area (Å²) in [7, 11) is 3.37. The summed E-state index contributed by atoms with van der Waals surface area (Å²) in [4.78, 5) is 0. The molecule has 184 valence electrons. The van der Waals surface area contributed by atoms with Gasteiger partial charge in [0.05, 0.1) is 26.9 Å². The van der Waals surface area contributed by atoms with Crippen LogP contribution in [-0.4, -0.2) is 27.4 Å². The molecule has 35 heavy (non-hydrogen) atoms. The highest BCUT2D eigenvalue weighted by Gasteiger charge is 2.21. The molecular formula is C30H35NO4. The van der Waals surface area contributed by atoms with Crippen molar-refractivity contribution in [2.24, 2.45) is 0 Å². The van der Waals surface area contributed by atoms with Crippen molar-refractivity contribution >= 4 is 6.08 Å². The Morgan fingerprint density at radius 3 is 2.46 bits per heavy atom. The lowest BCUT2D eigenvalue weighted by atomic mass is 9.93. The molecule has 1 unspecified atom stereocenters. The van der Waals surface area contributed by atoms with Crippen LogP contribution in [0.3, 0.4) is 0 Å². The third kappa shape index (κ3) is 6.37. The van der Waals surface area contributed by atoms with Crippen molar-refractivity contribution in [2.75, 3.05) is 27.4 Å². The summed E-state index contributed by atoms with van der Waals surface area (Å²) in [5.74, 6) is 3.06. The highest BCUT2D eigenvalue weighted by atomic mass is 16.5. The molecule has 0 aromatic heterocycles. The minimum Gasteiger partial charge on any atom is -0.493 e. The fourth-order valence-corrected chi connectivity index (χ4v) is 4.22. The average Bonchev–Trinajstić information content (AvgIpc) is 2.91. The van der Waals surface area contributed by atoms with E-state index in [0.29, 0.717) is 13.2 Å². The molecule has 5 nitrogen and oxygen atoms in total. The van der Waals surface area contributed by atoms with Crippen molar-refractivity contribution < 1.29 is 18.9 Å². The zero-order chi connectivity index (χ0) is 24.5. The smallest absolute Gasteiger partial charge is 0.161 e. The number of hydrogen-bond donors (Lipinski definition) is 1. The minimum absolute atomic E-state index is 0.0855. The molecule has 1 N–H and O–H groups in total. The topological polar surface area (TPSA) is 49.0 Å². The van der Waals surface area contributed by atoms with Gasteiger partial charge in [-0.3, -0.25) is 0 Å². The first kappa shape index (κ1) is 24.7. The van der Waals surface area contributed by atoms with E-state index in [4.69, 9.17) is 18.9 Å². The van der Waals surface area contributed by atoms with Crippen molar-refractivity contribution in [1.82, 2.24) is 5.32 Å². The van der Waals surface area contributed by atoms with Gasteiger partial charge in [-0.15, -0.1) is 0 Å². The van der Waals surface area contributed by atoms with Crippen LogP contribution in [0.5, 0.6) is 23.0 Å².